The number of rotatable bonds is 6. The van der Waals surface area contributed by atoms with E-state index in [4.69, 9.17) is 0 Å². The van der Waals surface area contributed by atoms with Crippen molar-refractivity contribution in [3.63, 3.8) is 0 Å². The average Bonchev–Trinajstić information content (AvgIpc) is 2.83. The molecule has 1 heterocycles. The molecule has 0 aromatic heterocycles. The normalized spacial score (nSPS) is 16.1. The highest BCUT2D eigenvalue weighted by atomic mass is 79.9. The third-order valence-electron chi connectivity index (χ3n) is 5.68. The van der Waals surface area contributed by atoms with Crippen LogP contribution in [-0.4, -0.2) is 62.0 Å². The van der Waals surface area contributed by atoms with Gasteiger partial charge in [-0.25, -0.2) is 13.8 Å². The molecular formula is C24H25BrN4O3S. The molecule has 1 aliphatic rings. The highest BCUT2D eigenvalue weighted by Gasteiger charge is 2.29. The van der Waals surface area contributed by atoms with Crippen LogP contribution in [0.15, 0.2) is 81.2 Å². The smallest absolute Gasteiger partial charge is 0.254 e. The van der Waals surface area contributed by atoms with E-state index in [9.17, 15) is 13.2 Å². The molecule has 0 saturated carbocycles. The van der Waals surface area contributed by atoms with Crippen molar-refractivity contribution < 1.29 is 13.2 Å². The number of hydrogen-bond donors (Lipinski definition) is 1. The number of hydrazone groups is 1. The number of nitrogens with zero attached hydrogens (tertiary/aromatic N) is 3. The maximum Gasteiger partial charge on any atom is 0.254 e. The summed E-state index contributed by atoms with van der Waals surface area (Å²) < 4.78 is 28.0. The molecule has 1 aliphatic heterocycles. The lowest BCUT2D eigenvalue weighted by atomic mass is 10.0. The van der Waals surface area contributed by atoms with Gasteiger partial charge in [0, 0.05) is 36.2 Å². The Kier molecular flexibility index (Phi) is 7.23. The van der Waals surface area contributed by atoms with E-state index in [-0.39, 0.29) is 17.3 Å². The van der Waals surface area contributed by atoms with E-state index in [1.807, 2.05) is 54.3 Å². The van der Waals surface area contributed by atoms with Crippen molar-refractivity contribution in [3.8, 4) is 0 Å². The molecule has 33 heavy (non-hydrogen) atoms. The second-order valence-corrected chi connectivity index (χ2v) is 10.7. The van der Waals surface area contributed by atoms with E-state index in [2.05, 4.69) is 26.5 Å². The van der Waals surface area contributed by atoms with E-state index in [1.165, 1.54) is 4.31 Å². The molecule has 4 rings (SSSR count). The van der Waals surface area contributed by atoms with Crippen LogP contribution in [0.4, 0.5) is 0 Å². The summed E-state index contributed by atoms with van der Waals surface area (Å²) in [6.45, 7) is 3.67. The minimum atomic E-state index is -3.54. The number of carbonyl (C=O) groups is 1. The zero-order valence-electron chi connectivity index (χ0n) is 18.2. The van der Waals surface area contributed by atoms with Gasteiger partial charge < -0.3 is 0 Å². The number of hydrogen-bond acceptors (Lipinski definition) is 5. The number of carbonyl (C=O) groups excluding carboxylic acids is 1. The van der Waals surface area contributed by atoms with Gasteiger partial charge in [-0.3, -0.25) is 9.69 Å². The van der Waals surface area contributed by atoms with Gasteiger partial charge in [0.25, 0.3) is 5.91 Å². The van der Waals surface area contributed by atoms with Crippen LogP contribution < -0.4 is 5.43 Å². The summed E-state index contributed by atoms with van der Waals surface area (Å²) in [5.41, 5.74) is 4.34. The van der Waals surface area contributed by atoms with Gasteiger partial charge in [0.05, 0.1) is 17.2 Å². The van der Waals surface area contributed by atoms with Crippen LogP contribution in [-0.2, 0) is 14.8 Å². The van der Waals surface area contributed by atoms with E-state index in [0.29, 0.717) is 26.2 Å². The van der Waals surface area contributed by atoms with Crippen LogP contribution >= 0.6 is 15.9 Å². The highest BCUT2D eigenvalue weighted by molar-refractivity contribution is 9.10. The molecular weight excluding hydrogens is 504 g/mol. The topological polar surface area (TPSA) is 82.1 Å². The average molecular weight is 529 g/mol. The summed E-state index contributed by atoms with van der Waals surface area (Å²) in [5, 5.41) is 6.49. The maximum absolute atomic E-state index is 12.8. The molecule has 1 saturated heterocycles. The third-order valence-corrected chi connectivity index (χ3v) is 8.12. The lowest BCUT2D eigenvalue weighted by molar-refractivity contribution is -0.122. The SMILES string of the molecule is C/C(=N\NC(=O)CN1CCN(S(=O)(=O)c2ccc(Br)cc2)CC1)c1cccc2ccccc12. The highest BCUT2D eigenvalue weighted by Crippen LogP contribution is 2.21. The first kappa shape index (κ1) is 23.6. The molecule has 1 N–H and O–H groups in total. The van der Waals surface area contributed by atoms with Gasteiger partial charge in [-0.1, -0.05) is 58.4 Å². The Hall–Kier alpha value is -2.59. The van der Waals surface area contributed by atoms with Crippen LogP contribution in [0.5, 0.6) is 0 Å². The predicted octanol–water partition coefficient (Wildman–Crippen LogP) is 3.45. The quantitative estimate of drug-likeness (QED) is 0.392. The molecule has 0 unspecified atom stereocenters. The minimum Gasteiger partial charge on any atom is -0.292 e. The van der Waals surface area contributed by atoms with Gasteiger partial charge >= 0.3 is 0 Å². The number of benzene rings is 3. The van der Waals surface area contributed by atoms with Crippen molar-refractivity contribution in [2.45, 2.75) is 11.8 Å². The Morgan fingerprint density at radius 1 is 0.970 bits per heavy atom. The van der Waals surface area contributed by atoms with Gasteiger partial charge in [0.1, 0.15) is 0 Å². The van der Waals surface area contributed by atoms with Crippen molar-refractivity contribution in [1.82, 2.24) is 14.6 Å². The van der Waals surface area contributed by atoms with Crippen molar-refractivity contribution in [3.05, 3.63) is 76.8 Å². The fraction of sp³-hybridized carbons (Fsp3) is 0.250. The molecule has 172 valence electrons. The molecule has 0 bridgehead atoms. The zero-order chi connectivity index (χ0) is 23.4. The molecule has 0 spiro atoms. The maximum atomic E-state index is 12.8. The standard InChI is InChI=1S/C24H25BrN4O3S/c1-18(22-8-4-6-19-5-2-3-7-23(19)22)26-27-24(30)17-28-13-15-29(16-14-28)33(31,32)21-11-9-20(25)10-12-21/h2-12H,13-17H2,1H3,(H,27,30)/b26-18+. The molecule has 3 aromatic carbocycles. The molecule has 3 aromatic rings. The molecule has 7 nitrogen and oxygen atoms in total. The summed E-state index contributed by atoms with van der Waals surface area (Å²) in [6, 6.07) is 20.7. The first-order chi connectivity index (χ1) is 15.8. The molecule has 0 radical (unpaired) electrons. The van der Waals surface area contributed by atoms with Crippen molar-refractivity contribution in [2.24, 2.45) is 5.10 Å². The van der Waals surface area contributed by atoms with E-state index >= 15 is 0 Å². The Morgan fingerprint density at radius 3 is 2.36 bits per heavy atom. The molecule has 1 amide bonds. The van der Waals surface area contributed by atoms with Gasteiger partial charge in [-0.15, -0.1) is 0 Å². The Morgan fingerprint density at radius 2 is 1.64 bits per heavy atom. The molecule has 9 heteroatoms. The van der Waals surface area contributed by atoms with Crippen molar-refractivity contribution in [2.75, 3.05) is 32.7 Å². The van der Waals surface area contributed by atoms with Gasteiger partial charge in [-0.05, 0) is 42.0 Å². The number of sulfonamides is 1. The van der Waals surface area contributed by atoms with Gasteiger partial charge in [0.15, 0.2) is 0 Å². The zero-order valence-corrected chi connectivity index (χ0v) is 20.6. The number of halogens is 1. The Bertz CT molecular complexity index is 1280. The molecule has 0 atom stereocenters. The van der Waals surface area contributed by atoms with Crippen LogP contribution in [0.2, 0.25) is 0 Å². The van der Waals surface area contributed by atoms with Crippen LogP contribution in [0.25, 0.3) is 10.8 Å². The van der Waals surface area contributed by atoms with Crippen LogP contribution in [0.1, 0.15) is 12.5 Å². The number of nitrogens with one attached hydrogen (secondary N) is 1. The number of amides is 1. The lowest BCUT2D eigenvalue weighted by Crippen LogP contribution is -2.50. The fourth-order valence-electron chi connectivity index (χ4n) is 3.87. The predicted molar refractivity (Wildman–Crippen MR) is 134 cm³/mol. The Balaban J connectivity index is 1.32. The summed E-state index contributed by atoms with van der Waals surface area (Å²) >= 11 is 3.32. The molecule has 1 fully saturated rings. The lowest BCUT2D eigenvalue weighted by Gasteiger charge is -2.33. The number of piperazine rings is 1. The van der Waals surface area contributed by atoms with Crippen LogP contribution in [0, 0.1) is 0 Å². The summed E-state index contributed by atoms with van der Waals surface area (Å²) in [4.78, 5) is 14.7. The first-order valence-corrected chi connectivity index (χ1v) is 12.9. The van der Waals surface area contributed by atoms with Crippen molar-refractivity contribution in [1.29, 1.82) is 0 Å². The largest absolute Gasteiger partial charge is 0.292 e. The summed E-state index contributed by atoms with van der Waals surface area (Å²) in [7, 11) is -3.54. The monoisotopic (exact) mass is 528 g/mol. The van der Waals surface area contributed by atoms with E-state index in [0.717, 1.165) is 26.5 Å². The van der Waals surface area contributed by atoms with Crippen molar-refractivity contribution >= 4 is 48.3 Å². The Labute approximate surface area is 202 Å². The number of fused-ring (bicyclic) bond motifs is 1. The molecule has 0 aliphatic carbocycles. The van der Waals surface area contributed by atoms with Gasteiger partial charge in [0.2, 0.25) is 10.0 Å². The first-order valence-electron chi connectivity index (χ1n) is 10.6. The second kappa shape index (κ2) is 10.1. The minimum absolute atomic E-state index is 0.165. The van der Waals surface area contributed by atoms with E-state index in [1.54, 1.807) is 24.3 Å². The third kappa shape index (κ3) is 5.50. The van der Waals surface area contributed by atoms with Crippen LogP contribution in [0.3, 0.4) is 0 Å². The second-order valence-electron chi connectivity index (χ2n) is 7.89. The summed E-state index contributed by atoms with van der Waals surface area (Å²) in [5.74, 6) is -0.223. The fourth-order valence-corrected chi connectivity index (χ4v) is 5.56. The van der Waals surface area contributed by atoms with Gasteiger partial charge in [-0.2, -0.15) is 9.41 Å². The summed E-state index contributed by atoms with van der Waals surface area (Å²) in [6.07, 6.45) is 0. The van der Waals surface area contributed by atoms with E-state index < -0.39 is 10.0 Å².